The molecule has 2 rings (SSSR count). The smallest absolute Gasteiger partial charge is 0.0343 e. The third-order valence-electron chi connectivity index (χ3n) is 4.59. The van der Waals surface area contributed by atoms with Crippen LogP contribution in [-0.2, 0) is 6.42 Å². The Bertz CT molecular complexity index is 357. The van der Waals surface area contributed by atoms with Crippen LogP contribution in [0.4, 0.5) is 0 Å². The van der Waals surface area contributed by atoms with Gasteiger partial charge in [0.25, 0.3) is 0 Å². The Balaban J connectivity index is 2.09. The molecule has 1 saturated carbocycles. The van der Waals surface area contributed by atoms with Gasteiger partial charge in [0, 0.05) is 18.1 Å². The lowest BCUT2D eigenvalue weighted by Gasteiger charge is -2.42. The van der Waals surface area contributed by atoms with Gasteiger partial charge in [0.1, 0.15) is 0 Å². The number of nitrogens with two attached hydrogens (primary N) is 1. The Kier molecular flexibility index (Phi) is 4.41. The van der Waals surface area contributed by atoms with Crippen molar-refractivity contribution in [2.24, 2.45) is 5.73 Å². The Labute approximate surface area is 111 Å². The molecule has 0 aromatic heterocycles. The average molecular weight is 246 g/mol. The summed E-state index contributed by atoms with van der Waals surface area (Å²) in [6.07, 6.45) is 6.46. The van der Waals surface area contributed by atoms with Gasteiger partial charge in [-0.1, -0.05) is 43.2 Å². The van der Waals surface area contributed by atoms with Gasteiger partial charge in [-0.2, -0.15) is 0 Å². The Hall–Kier alpha value is -0.860. The highest BCUT2D eigenvalue weighted by Gasteiger charge is 2.33. The van der Waals surface area contributed by atoms with Gasteiger partial charge in [-0.3, -0.25) is 4.90 Å². The molecule has 0 heterocycles. The lowest BCUT2D eigenvalue weighted by molar-refractivity contribution is 0.0943. The quantitative estimate of drug-likeness (QED) is 0.865. The summed E-state index contributed by atoms with van der Waals surface area (Å²) in [7, 11) is 2.26. The molecule has 0 spiro atoms. The molecular formula is C16H26N2. The minimum absolute atomic E-state index is 0.0797. The van der Waals surface area contributed by atoms with E-state index in [4.69, 9.17) is 5.73 Å². The molecule has 1 aromatic rings. The van der Waals surface area contributed by atoms with Gasteiger partial charge < -0.3 is 5.73 Å². The van der Waals surface area contributed by atoms with E-state index < -0.39 is 0 Å². The van der Waals surface area contributed by atoms with Crippen molar-refractivity contribution in [1.29, 1.82) is 0 Å². The standard InChI is InChI=1S/C16H26N2/c1-16(13-17,12-14-8-4-3-5-9-14)18(2)15-10-6-7-11-15/h3-5,8-9,15H,6-7,10-13,17H2,1-2H3. The van der Waals surface area contributed by atoms with Crippen LogP contribution in [0.1, 0.15) is 38.2 Å². The van der Waals surface area contributed by atoms with Gasteiger partial charge in [0.15, 0.2) is 0 Å². The zero-order valence-corrected chi connectivity index (χ0v) is 11.7. The molecule has 0 amide bonds. The SMILES string of the molecule is CN(C1CCCC1)C(C)(CN)Cc1ccccc1. The largest absolute Gasteiger partial charge is 0.329 e. The molecule has 100 valence electrons. The van der Waals surface area contributed by atoms with E-state index in [-0.39, 0.29) is 5.54 Å². The normalized spacial score (nSPS) is 20.2. The summed E-state index contributed by atoms with van der Waals surface area (Å²) in [5.74, 6) is 0. The number of hydrogen-bond donors (Lipinski definition) is 1. The molecule has 0 radical (unpaired) electrons. The molecule has 2 nitrogen and oxygen atoms in total. The molecule has 2 N–H and O–H groups in total. The van der Waals surface area contributed by atoms with Gasteiger partial charge in [0.05, 0.1) is 0 Å². The van der Waals surface area contributed by atoms with Crippen LogP contribution in [0.3, 0.4) is 0 Å². The fraction of sp³-hybridized carbons (Fsp3) is 0.625. The summed E-state index contributed by atoms with van der Waals surface area (Å²) in [4.78, 5) is 2.53. The van der Waals surface area contributed by atoms with E-state index in [0.29, 0.717) is 0 Å². The molecule has 18 heavy (non-hydrogen) atoms. The van der Waals surface area contributed by atoms with Gasteiger partial charge in [0.2, 0.25) is 0 Å². The molecule has 0 aliphatic heterocycles. The van der Waals surface area contributed by atoms with E-state index in [1.807, 2.05) is 0 Å². The summed E-state index contributed by atoms with van der Waals surface area (Å²) < 4.78 is 0. The van der Waals surface area contributed by atoms with Crippen molar-refractivity contribution >= 4 is 0 Å². The summed E-state index contributed by atoms with van der Waals surface area (Å²) in [5.41, 5.74) is 7.55. The van der Waals surface area contributed by atoms with E-state index in [0.717, 1.165) is 19.0 Å². The monoisotopic (exact) mass is 246 g/mol. The first kappa shape index (κ1) is 13.6. The first-order valence-electron chi connectivity index (χ1n) is 7.13. The summed E-state index contributed by atoms with van der Waals surface area (Å²) in [5, 5.41) is 0. The molecule has 1 aliphatic carbocycles. The van der Waals surface area contributed by atoms with Crippen LogP contribution in [0.25, 0.3) is 0 Å². The van der Waals surface area contributed by atoms with Crippen molar-refractivity contribution in [2.45, 2.75) is 50.6 Å². The third kappa shape index (κ3) is 2.93. The number of nitrogens with zero attached hydrogens (tertiary/aromatic N) is 1. The zero-order valence-electron chi connectivity index (χ0n) is 11.7. The van der Waals surface area contributed by atoms with Crippen LogP contribution >= 0.6 is 0 Å². The lowest BCUT2D eigenvalue weighted by Crippen LogP contribution is -2.54. The second-order valence-electron chi connectivity index (χ2n) is 5.91. The van der Waals surface area contributed by atoms with Crippen molar-refractivity contribution < 1.29 is 0 Å². The molecule has 0 saturated heterocycles. The molecule has 1 aliphatic rings. The molecule has 0 bridgehead atoms. The number of likely N-dealkylation sites (N-methyl/N-ethyl adjacent to an activating group) is 1. The summed E-state index contributed by atoms with van der Waals surface area (Å²) >= 11 is 0. The number of rotatable bonds is 5. The highest BCUT2D eigenvalue weighted by molar-refractivity contribution is 5.18. The predicted molar refractivity (Wildman–Crippen MR) is 77.6 cm³/mol. The van der Waals surface area contributed by atoms with Crippen molar-refractivity contribution in [1.82, 2.24) is 4.90 Å². The van der Waals surface area contributed by atoms with Crippen LogP contribution in [0.15, 0.2) is 30.3 Å². The maximum atomic E-state index is 6.08. The van der Waals surface area contributed by atoms with Crippen LogP contribution in [-0.4, -0.2) is 30.1 Å². The second-order valence-corrected chi connectivity index (χ2v) is 5.91. The van der Waals surface area contributed by atoms with Crippen molar-refractivity contribution in [2.75, 3.05) is 13.6 Å². The van der Waals surface area contributed by atoms with Gasteiger partial charge in [-0.05, 0) is 38.8 Å². The molecule has 1 fully saturated rings. The highest BCUT2D eigenvalue weighted by Crippen LogP contribution is 2.29. The number of benzene rings is 1. The Morgan fingerprint density at radius 3 is 2.39 bits per heavy atom. The van der Waals surface area contributed by atoms with Gasteiger partial charge in [-0.25, -0.2) is 0 Å². The summed E-state index contributed by atoms with van der Waals surface area (Å²) in [6, 6.07) is 11.4. The van der Waals surface area contributed by atoms with Crippen LogP contribution in [0.5, 0.6) is 0 Å². The van der Waals surface area contributed by atoms with E-state index in [9.17, 15) is 0 Å². The molecule has 1 atom stereocenters. The van der Waals surface area contributed by atoms with Crippen LogP contribution < -0.4 is 5.73 Å². The second kappa shape index (κ2) is 5.85. The third-order valence-corrected chi connectivity index (χ3v) is 4.59. The van der Waals surface area contributed by atoms with Crippen LogP contribution in [0, 0.1) is 0 Å². The number of hydrogen-bond acceptors (Lipinski definition) is 2. The van der Waals surface area contributed by atoms with E-state index in [1.165, 1.54) is 31.2 Å². The Morgan fingerprint density at radius 1 is 1.22 bits per heavy atom. The van der Waals surface area contributed by atoms with Gasteiger partial charge >= 0.3 is 0 Å². The topological polar surface area (TPSA) is 29.3 Å². The van der Waals surface area contributed by atoms with Crippen LogP contribution in [0.2, 0.25) is 0 Å². The van der Waals surface area contributed by atoms with E-state index in [1.54, 1.807) is 0 Å². The van der Waals surface area contributed by atoms with E-state index in [2.05, 4.69) is 49.2 Å². The Morgan fingerprint density at radius 2 is 1.83 bits per heavy atom. The van der Waals surface area contributed by atoms with Crippen molar-refractivity contribution in [3.8, 4) is 0 Å². The fourth-order valence-electron chi connectivity index (χ4n) is 3.11. The first-order chi connectivity index (χ1) is 8.65. The molecular weight excluding hydrogens is 220 g/mol. The zero-order chi connectivity index (χ0) is 13.0. The molecule has 2 heteroatoms. The first-order valence-corrected chi connectivity index (χ1v) is 7.13. The minimum atomic E-state index is 0.0797. The van der Waals surface area contributed by atoms with E-state index >= 15 is 0 Å². The molecule has 1 aromatic carbocycles. The minimum Gasteiger partial charge on any atom is -0.329 e. The summed E-state index contributed by atoms with van der Waals surface area (Å²) in [6.45, 7) is 3.02. The lowest BCUT2D eigenvalue weighted by atomic mass is 9.89. The maximum absolute atomic E-state index is 6.08. The predicted octanol–water partition coefficient (Wildman–Crippen LogP) is 2.82. The highest BCUT2D eigenvalue weighted by atomic mass is 15.2. The van der Waals surface area contributed by atoms with Crippen molar-refractivity contribution in [3.63, 3.8) is 0 Å². The maximum Gasteiger partial charge on any atom is 0.0343 e. The fourth-order valence-corrected chi connectivity index (χ4v) is 3.11. The van der Waals surface area contributed by atoms with Crippen molar-refractivity contribution in [3.05, 3.63) is 35.9 Å². The molecule has 1 unspecified atom stereocenters. The average Bonchev–Trinajstić information content (AvgIpc) is 2.92. The van der Waals surface area contributed by atoms with Gasteiger partial charge in [-0.15, -0.1) is 0 Å².